The molecule has 0 aliphatic carbocycles. The van der Waals surface area contributed by atoms with Gasteiger partial charge < -0.3 is 4.90 Å². The second kappa shape index (κ2) is 8.01. The number of nitriles is 1. The van der Waals surface area contributed by atoms with Gasteiger partial charge in [-0.15, -0.1) is 5.10 Å². The SMILES string of the molecule is N#Cc1cncc(N2CCN3[C@@H](CCC[C@@H]3c3nn[nH]c3-c3cccc(Cl)c3)C2)n1. The van der Waals surface area contributed by atoms with Crippen LogP contribution in [0, 0.1) is 11.3 Å². The Morgan fingerprint density at radius 1 is 1.20 bits per heavy atom. The van der Waals surface area contributed by atoms with Gasteiger partial charge in [-0.1, -0.05) is 28.9 Å². The van der Waals surface area contributed by atoms with Crippen molar-refractivity contribution in [1.82, 2.24) is 30.3 Å². The van der Waals surface area contributed by atoms with E-state index in [1.807, 2.05) is 24.3 Å². The Bertz CT molecular complexity index is 1090. The molecule has 2 aromatic heterocycles. The Hall–Kier alpha value is -3.02. The van der Waals surface area contributed by atoms with Gasteiger partial charge in [0.1, 0.15) is 17.6 Å². The van der Waals surface area contributed by atoms with Crippen LogP contribution in [-0.4, -0.2) is 56.0 Å². The topological polar surface area (TPSA) is 97.6 Å². The molecule has 2 saturated heterocycles. The predicted molar refractivity (Wildman–Crippen MR) is 113 cm³/mol. The van der Waals surface area contributed by atoms with E-state index in [2.05, 4.69) is 41.2 Å². The smallest absolute Gasteiger partial charge is 0.161 e. The first-order valence-corrected chi connectivity index (χ1v) is 10.5. The minimum Gasteiger partial charge on any atom is -0.352 e. The molecule has 9 heteroatoms. The number of benzene rings is 1. The fourth-order valence-corrected chi connectivity index (χ4v) is 4.83. The maximum Gasteiger partial charge on any atom is 0.161 e. The number of aromatic amines is 1. The van der Waals surface area contributed by atoms with Crippen molar-refractivity contribution in [3.8, 4) is 17.3 Å². The molecule has 2 aliphatic rings. The van der Waals surface area contributed by atoms with E-state index in [-0.39, 0.29) is 6.04 Å². The standard InChI is InChI=1S/C21H21ClN8/c22-15-4-1-3-14(9-15)20-21(27-28-26-20)18-6-2-5-17-13-29(7-8-30(17)18)19-12-24-11-16(10-23)25-19/h1,3-4,9,11-12,17-18H,2,5-8,13H2,(H,26,27,28)/t17-,18+/m0/s1. The molecule has 0 spiro atoms. The van der Waals surface area contributed by atoms with Crippen LogP contribution in [0.5, 0.6) is 0 Å². The zero-order valence-corrected chi connectivity index (χ0v) is 17.1. The minimum atomic E-state index is 0.218. The van der Waals surface area contributed by atoms with Crippen LogP contribution >= 0.6 is 11.6 Å². The van der Waals surface area contributed by atoms with E-state index in [4.69, 9.17) is 16.9 Å². The Morgan fingerprint density at radius 3 is 3.00 bits per heavy atom. The van der Waals surface area contributed by atoms with Crippen LogP contribution in [0.3, 0.4) is 0 Å². The van der Waals surface area contributed by atoms with Gasteiger partial charge in [0.15, 0.2) is 5.69 Å². The lowest BCUT2D eigenvalue weighted by Crippen LogP contribution is -2.56. The quantitative estimate of drug-likeness (QED) is 0.694. The number of hydrogen-bond acceptors (Lipinski definition) is 7. The average molecular weight is 421 g/mol. The van der Waals surface area contributed by atoms with Crippen LogP contribution in [-0.2, 0) is 0 Å². The van der Waals surface area contributed by atoms with E-state index in [1.54, 1.807) is 6.20 Å². The molecule has 2 aliphatic heterocycles. The fourth-order valence-electron chi connectivity index (χ4n) is 4.64. The van der Waals surface area contributed by atoms with E-state index < -0.39 is 0 Å². The van der Waals surface area contributed by atoms with Crippen LogP contribution in [0.15, 0.2) is 36.7 Å². The number of H-pyrrole nitrogens is 1. The molecule has 4 heterocycles. The van der Waals surface area contributed by atoms with Gasteiger partial charge in [-0.3, -0.25) is 15.0 Å². The second-order valence-corrected chi connectivity index (χ2v) is 8.18. The van der Waals surface area contributed by atoms with Crippen LogP contribution in [0.4, 0.5) is 5.82 Å². The Kier molecular flexibility index (Phi) is 5.07. The lowest BCUT2D eigenvalue weighted by molar-refractivity contribution is 0.0694. The summed E-state index contributed by atoms with van der Waals surface area (Å²) in [6.07, 6.45) is 6.55. The molecule has 1 N–H and O–H groups in total. The van der Waals surface area contributed by atoms with Crippen molar-refractivity contribution in [3.63, 3.8) is 0 Å². The number of piperidine rings is 1. The normalized spacial score (nSPS) is 21.8. The summed E-state index contributed by atoms with van der Waals surface area (Å²) in [7, 11) is 0. The summed E-state index contributed by atoms with van der Waals surface area (Å²) in [5.41, 5.74) is 3.29. The molecule has 0 bridgehead atoms. The summed E-state index contributed by atoms with van der Waals surface area (Å²) < 4.78 is 0. The van der Waals surface area contributed by atoms with Crippen LogP contribution in [0.2, 0.25) is 5.02 Å². The average Bonchev–Trinajstić information content (AvgIpc) is 3.28. The van der Waals surface area contributed by atoms with Gasteiger partial charge in [0.05, 0.1) is 24.1 Å². The van der Waals surface area contributed by atoms with Gasteiger partial charge in [0.2, 0.25) is 0 Å². The van der Waals surface area contributed by atoms with E-state index >= 15 is 0 Å². The number of rotatable bonds is 3. The van der Waals surface area contributed by atoms with Crippen molar-refractivity contribution >= 4 is 17.4 Å². The van der Waals surface area contributed by atoms with Gasteiger partial charge in [-0.25, -0.2) is 4.98 Å². The molecule has 0 radical (unpaired) electrons. The molecule has 1 aromatic carbocycles. The largest absolute Gasteiger partial charge is 0.352 e. The van der Waals surface area contributed by atoms with Crippen molar-refractivity contribution in [2.24, 2.45) is 0 Å². The molecule has 2 atom stereocenters. The van der Waals surface area contributed by atoms with Crippen LogP contribution in [0.25, 0.3) is 11.3 Å². The Balaban J connectivity index is 1.39. The molecular weight excluding hydrogens is 400 g/mol. The van der Waals surface area contributed by atoms with Gasteiger partial charge in [0.25, 0.3) is 0 Å². The van der Waals surface area contributed by atoms with Gasteiger partial charge in [-0.2, -0.15) is 5.26 Å². The first kappa shape index (κ1) is 19.0. The third-order valence-electron chi connectivity index (χ3n) is 6.01. The number of hydrogen-bond donors (Lipinski definition) is 1. The van der Waals surface area contributed by atoms with Crippen molar-refractivity contribution in [1.29, 1.82) is 5.26 Å². The number of halogens is 1. The molecule has 8 nitrogen and oxygen atoms in total. The van der Waals surface area contributed by atoms with Gasteiger partial charge in [0, 0.05) is 36.3 Å². The van der Waals surface area contributed by atoms with Crippen LogP contribution < -0.4 is 4.90 Å². The molecule has 5 rings (SSSR count). The molecular formula is C21H21ClN8. The van der Waals surface area contributed by atoms with Gasteiger partial charge >= 0.3 is 0 Å². The van der Waals surface area contributed by atoms with E-state index in [1.165, 1.54) is 6.20 Å². The number of anilines is 1. The molecule has 2 fully saturated rings. The number of nitrogens with zero attached hydrogens (tertiary/aromatic N) is 7. The van der Waals surface area contributed by atoms with Crippen molar-refractivity contribution in [2.45, 2.75) is 31.3 Å². The lowest BCUT2D eigenvalue weighted by Gasteiger charge is -2.48. The van der Waals surface area contributed by atoms with Crippen molar-refractivity contribution < 1.29 is 0 Å². The van der Waals surface area contributed by atoms with E-state index in [0.29, 0.717) is 16.8 Å². The van der Waals surface area contributed by atoms with E-state index in [9.17, 15) is 0 Å². The number of piperazine rings is 1. The van der Waals surface area contributed by atoms with E-state index in [0.717, 1.165) is 61.7 Å². The third-order valence-corrected chi connectivity index (χ3v) is 6.24. The molecule has 0 unspecified atom stereocenters. The summed E-state index contributed by atoms with van der Waals surface area (Å²) in [4.78, 5) is 13.4. The highest BCUT2D eigenvalue weighted by molar-refractivity contribution is 6.30. The highest BCUT2D eigenvalue weighted by Gasteiger charge is 2.38. The highest BCUT2D eigenvalue weighted by atomic mass is 35.5. The fraction of sp³-hybridized carbons (Fsp3) is 0.381. The Labute approximate surface area is 179 Å². The number of nitrogens with one attached hydrogen (secondary N) is 1. The Morgan fingerprint density at radius 2 is 2.13 bits per heavy atom. The maximum absolute atomic E-state index is 9.12. The number of fused-ring (bicyclic) bond motifs is 1. The zero-order chi connectivity index (χ0) is 20.5. The summed E-state index contributed by atoms with van der Waals surface area (Å²) in [6, 6.07) is 10.5. The number of aromatic nitrogens is 5. The lowest BCUT2D eigenvalue weighted by atomic mass is 9.90. The molecule has 152 valence electrons. The summed E-state index contributed by atoms with van der Waals surface area (Å²) >= 11 is 6.20. The molecule has 0 amide bonds. The second-order valence-electron chi connectivity index (χ2n) is 7.74. The molecule has 30 heavy (non-hydrogen) atoms. The maximum atomic E-state index is 9.12. The zero-order valence-electron chi connectivity index (χ0n) is 16.4. The summed E-state index contributed by atoms with van der Waals surface area (Å²) in [6.45, 7) is 2.60. The van der Waals surface area contributed by atoms with Crippen LogP contribution in [0.1, 0.15) is 36.7 Å². The highest BCUT2D eigenvalue weighted by Crippen LogP contribution is 2.39. The first-order valence-electron chi connectivity index (χ1n) is 10.1. The predicted octanol–water partition coefficient (Wildman–Crippen LogP) is 3.20. The molecule has 3 aromatic rings. The summed E-state index contributed by atoms with van der Waals surface area (Å²) in [5, 5.41) is 21.5. The van der Waals surface area contributed by atoms with Gasteiger partial charge in [-0.05, 0) is 31.4 Å². The van der Waals surface area contributed by atoms with Crippen molar-refractivity contribution in [3.05, 3.63) is 53.1 Å². The summed E-state index contributed by atoms with van der Waals surface area (Å²) in [5.74, 6) is 0.775. The molecule has 0 saturated carbocycles. The monoisotopic (exact) mass is 420 g/mol. The van der Waals surface area contributed by atoms with Crippen molar-refractivity contribution in [2.75, 3.05) is 24.5 Å². The first-order chi connectivity index (χ1) is 14.7. The third kappa shape index (κ3) is 3.51. The minimum absolute atomic E-state index is 0.218.